The zero-order valence-corrected chi connectivity index (χ0v) is 16.4. The van der Waals surface area contributed by atoms with Gasteiger partial charge < -0.3 is 14.0 Å². The molecule has 0 spiro atoms. The molecule has 5 nitrogen and oxygen atoms in total. The Morgan fingerprint density at radius 3 is 2.42 bits per heavy atom. The summed E-state index contributed by atoms with van der Waals surface area (Å²) in [4.78, 5) is 17.5. The fourth-order valence-corrected chi connectivity index (χ4v) is 4.11. The highest BCUT2D eigenvalue weighted by molar-refractivity contribution is 7.16. The van der Waals surface area contributed by atoms with Gasteiger partial charge in [0.1, 0.15) is 17.0 Å². The standard InChI is InChI=1S/C20H22N2O3S/c1-12-6-8-16(25-5)18-19(12)26-20(22(18)3)21-17(23)11-14-7-9-15(24-4)13(2)10-14/h6-10H,11H2,1-5H3. The normalized spacial score (nSPS) is 11.8. The summed E-state index contributed by atoms with van der Waals surface area (Å²) in [7, 11) is 5.19. The molecular weight excluding hydrogens is 348 g/mol. The highest BCUT2D eigenvalue weighted by Gasteiger charge is 2.12. The van der Waals surface area contributed by atoms with E-state index in [4.69, 9.17) is 9.47 Å². The molecule has 6 heteroatoms. The fourth-order valence-electron chi connectivity index (χ4n) is 2.99. The van der Waals surface area contributed by atoms with E-state index in [0.717, 1.165) is 38.4 Å². The third kappa shape index (κ3) is 3.37. The number of aromatic nitrogens is 1. The molecule has 1 amide bonds. The molecule has 0 bridgehead atoms. The summed E-state index contributed by atoms with van der Waals surface area (Å²) >= 11 is 1.50. The molecule has 0 unspecified atom stereocenters. The zero-order valence-electron chi connectivity index (χ0n) is 15.6. The van der Waals surface area contributed by atoms with Gasteiger partial charge >= 0.3 is 0 Å². The largest absolute Gasteiger partial charge is 0.496 e. The smallest absolute Gasteiger partial charge is 0.252 e. The van der Waals surface area contributed by atoms with Crippen LogP contribution in [-0.2, 0) is 18.3 Å². The molecule has 2 aromatic carbocycles. The van der Waals surface area contributed by atoms with Crippen molar-refractivity contribution in [1.82, 2.24) is 4.57 Å². The lowest BCUT2D eigenvalue weighted by Gasteiger charge is -2.06. The Kier molecular flexibility index (Phi) is 5.13. The first-order chi connectivity index (χ1) is 12.4. The summed E-state index contributed by atoms with van der Waals surface area (Å²) in [5, 5.41) is 0. The molecule has 3 aromatic rings. The number of hydrogen-bond donors (Lipinski definition) is 0. The molecule has 136 valence electrons. The van der Waals surface area contributed by atoms with Gasteiger partial charge in [0.25, 0.3) is 5.91 Å². The number of ether oxygens (including phenoxy) is 2. The lowest BCUT2D eigenvalue weighted by atomic mass is 10.1. The van der Waals surface area contributed by atoms with Crippen molar-refractivity contribution in [3.8, 4) is 11.5 Å². The molecule has 1 aromatic heterocycles. The molecule has 0 atom stereocenters. The van der Waals surface area contributed by atoms with Gasteiger partial charge in [-0.2, -0.15) is 4.99 Å². The maximum Gasteiger partial charge on any atom is 0.252 e. The second kappa shape index (κ2) is 7.33. The number of thiazole rings is 1. The second-order valence-electron chi connectivity index (χ2n) is 6.19. The number of amides is 1. The Balaban J connectivity index is 1.97. The monoisotopic (exact) mass is 370 g/mol. The molecular formula is C20H22N2O3S. The maximum absolute atomic E-state index is 12.5. The Bertz CT molecular complexity index is 1050. The minimum absolute atomic E-state index is 0.173. The number of nitrogens with zero attached hydrogens (tertiary/aromatic N) is 2. The van der Waals surface area contributed by atoms with E-state index in [1.54, 1.807) is 14.2 Å². The number of rotatable bonds is 4. The third-order valence-electron chi connectivity index (χ3n) is 4.36. The van der Waals surface area contributed by atoms with Crippen LogP contribution in [0, 0.1) is 13.8 Å². The Labute approximate surface area is 156 Å². The third-order valence-corrected chi connectivity index (χ3v) is 5.63. The number of benzene rings is 2. The van der Waals surface area contributed by atoms with E-state index in [1.165, 1.54) is 11.3 Å². The van der Waals surface area contributed by atoms with Gasteiger partial charge in [0.2, 0.25) is 0 Å². The van der Waals surface area contributed by atoms with Gasteiger partial charge in [-0.05, 0) is 42.7 Å². The highest BCUT2D eigenvalue weighted by atomic mass is 32.1. The van der Waals surface area contributed by atoms with Gasteiger partial charge in [0.15, 0.2) is 4.80 Å². The first-order valence-corrected chi connectivity index (χ1v) is 9.10. The average molecular weight is 370 g/mol. The average Bonchev–Trinajstić information content (AvgIpc) is 2.93. The van der Waals surface area contributed by atoms with Crippen LogP contribution in [-0.4, -0.2) is 24.7 Å². The van der Waals surface area contributed by atoms with Crippen LogP contribution in [0.4, 0.5) is 0 Å². The number of carbonyl (C=O) groups excluding carboxylic acids is 1. The summed E-state index contributed by atoms with van der Waals surface area (Å²) in [6.45, 7) is 4.01. The first-order valence-electron chi connectivity index (χ1n) is 8.28. The van der Waals surface area contributed by atoms with Crippen LogP contribution in [0.1, 0.15) is 16.7 Å². The van der Waals surface area contributed by atoms with Gasteiger partial charge in [-0.3, -0.25) is 4.79 Å². The molecule has 0 N–H and O–H groups in total. The van der Waals surface area contributed by atoms with Crippen molar-refractivity contribution in [2.75, 3.05) is 14.2 Å². The minimum atomic E-state index is -0.173. The maximum atomic E-state index is 12.5. The van der Waals surface area contributed by atoms with Crippen molar-refractivity contribution in [1.29, 1.82) is 0 Å². The van der Waals surface area contributed by atoms with Crippen molar-refractivity contribution in [3.05, 3.63) is 51.8 Å². The van der Waals surface area contributed by atoms with Crippen molar-refractivity contribution in [2.45, 2.75) is 20.3 Å². The van der Waals surface area contributed by atoms with Crippen molar-refractivity contribution in [2.24, 2.45) is 12.0 Å². The summed E-state index contributed by atoms with van der Waals surface area (Å²) in [5.41, 5.74) is 4.03. The predicted octanol–water partition coefficient (Wildman–Crippen LogP) is 3.54. The van der Waals surface area contributed by atoms with E-state index in [-0.39, 0.29) is 12.3 Å². The molecule has 0 radical (unpaired) electrons. The van der Waals surface area contributed by atoms with Crippen LogP contribution in [0.15, 0.2) is 35.3 Å². The summed E-state index contributed by atoms with van der Waals surface area (Å²) in [6.07, 6.45) is 0.259. The molecule has 0 aliphatic carbocycles. The molecule has 0 aliphatic heterocycles. The number of carbonyl (C=O) groups is 1. The van der Waals surface area contributed by atoms with Crippen molar-refractivity contribution >= 4 is 27.5 Å². The quantitative estimate of drug-likeness (QED) is 0.706. The zero-order chi connectivity index (χ0) is 18.8. The molecule has 26 heavy (non-hydrogen) atoms. The number of methoxy groups -OCH3 is 2. The van der Waals surface area contributed by atoms with Gasteiger partial charge in [-0.25, -0.2) is 0 Å². The van der Waals surface area contributed by atoms with Crippen LogP contribution < -0.4 is 14.3 Å². The molecule has 1 heterocycles. The van der Waals surface area contributed by atoms with Crippen molar-refractivity contribution in [3.63, 3.8) is 0 Å². The lowest BCUT2D eigenvalue weighted by molar-refractivity contribution is -0.117. The molecule has 0 saturated carbocycles. The van der Waals surface area contributed by atoms with Crippen LogP contribution in [0.3, 0.4) is 0 Å². The van der Waals surface area contributed by atoms with Crippen molar-refractivity contribution < 1.29 is 14.3 Å². The minimum Gasteiger partial charge on any atom is -0.496 e. The number of fused-ring (bicyclic) bond motifs is 1. The van der Waals surface area contributed by atoms with Gasteiger partial charge in [-0.15, -0.1) is 0 Å². The number of aryl methyl sites for hydroxylation is 3. The highest BCUT2D eigenvalue weighted by Crippen LogP contribution is 2.29. The Morgan fingerprint density at radius 1 is 1.08 bits per heavy atom. The van der Waals surface area contributed by atoms with Gasteiger partial charge in [-0.1, -0.05) is 29.5 Å². The molecule has 0 aliphatic rings. The summed E-state index contributed by atoms with van der Waals surface area (Å²) < 4.78 is 13.7. The topological polar surface area (TPSA) is 52.8 Å². The number of hydrogen-bond acceptors (Lipinski definition) is 4. The fraction of sp³-hybridized carbons (Fsp3) is 0.300. The van der Waals surface area contributed by atoms with E-state index in [2.05, 4.69) is 4.99 Å². The van der Waals surface area contributed by atoms with Crippen LogP contribution in [0.2, 0.25) is 0 Å². The van der Waals surface area contributed by atoms with Gasteiger partial charge in [0, 0.05) is 7.05 Å². The summed E-state index contributed by atoms with van der Waals surface area (Å²) in [5.74, 6) is 1.42. The Hall–Kier alpha value is -2.60. The summed E-state index contributed by atoms with van der Waals surface area (Å²) in [6, 6.07) is 9.70. The second-order valence-corrected chi connectivity index (χ2v) is 7.17. The van der Waals surface area contributed by atoms with E-state index in [1.807, 2.05) is 55.8 Å². The molecule has 0 fully saturated rings. The molecule has 3 rings (SSSR count). The van der Waals surface area contributed by atoms with Crippen LogP contribution in [0.25, 0.3) is 10.2 Å². The lowest BCUT2D eigenvalue weighted by Crippen LogP contribution is -2.14. The first kappa shape index (κ1) is 18.2. The van der Waals surface area contributed by atoms with E-state index in [0.29, 0.717) is 4.80 Å². The van der Waals surface area contributed by atoms with Gasteiger partial charge in [0.05, 0.1) is 25.3 Å². The van der Waals surface area contributed by atoms with Crippen LogP contribution >= 0.6 is 11.3 Å². The molecule has 0 saturated heterocycles. The Morgan fingerprint density at radius 2 is 1.77 bits per heavy atom. The van der Waals surface area contributed by atoms with E-state index >= 15 is 0 Å². The van der Waals surface area contributed by atoms with E-state index < -0.39 is 0 Å². The van der Waals surface area contributed by atoms with E-state index in [9.17, 15) is 4.79 Å². The predicted molar refractivity (Wildman–Crippen MR) is 104 cm³/mol. The van der Waals surface area contributed by atoms with Crippen LogP contribution in [0.5, 0.6) is 11.5 Å². The SMILES string of the molecule is COc1ccc(CC(=O)N=c2sc3c(C)ccc(OC)c3n2C)cc1C.